The fraction of sp³-hybridized carbons (Fsp3) is 0. The van der Waals surface area contributed by atoms with Crippen molar-refractivity contribution < 1.29 is 0 Å². The number of aliphatic imine (C=N–C) groups is 1. The summed E-state index contributed by atoms with van der Waals surface area (Å²) in [7, 11) is 0. The van der Waals surface area contributed by atoms with Gasteiger partial charge in [0.25, 0.3) is 5.56 Å². The number of hydrogen-bond acceptors (Lipinski definition) is 2. The van der Waals surface area contributed by atoms with Crippen molar-refractivity contribution in [2.24, 2.45) is 4.99 Å². The first-order valence-electron chi connectivity index (χ1n) is 11.0. The Morgan fingerprint density at radius 3 is 1.85 bits per heavy atom. The predicted octanol–water partition coefficient (Wildman–Crippen LogP) is 7.33. The Hall–Kier alpha value is -4.21. The Bertz CT molecular complexity index is 1470. The smallest absolute Gasteiger partial charge is 0.281 e. The highest BCUT2D eigenvalue weighted by atomic mass is 35.5. The summed E-state index contributed by atoms with van der Waals surface area (Å²) in [6, 6.07) is 38.8. The normalized spacial score (nSPS) is 10.6. The average Bonchev–Trinajstić information content (AvgIpc) is 2.89. The van der Waals surface area contributed by atoms with Crippen molar-refractivity contribution in [1.82, 2.24) is 4.57 Å². The van der Waals surface area contributed by atoms with Crippen LogP contribution in [0, 0.1) is 0 Å². The van der Waals surface area contributed by atoms with E-state index < -0.39 is 0 Å². The highest BCUT2D eigenvalue weighted by Gasteiger charge is 2.16. The number of pyridine rings is 1. The Morgan fingerprint density at radius 1 is 0.676 bits per heavy atom. The molecular formula is C30H21ClN2O. The Balaban J connectivity index is 1.81. The van der Waals surface area contributed by atoms with Gasteiger partial charge >= 0.3 is 0 Å². The van der Waals surface area contributed by atoms with Crippen LogP contribution in [0.1, 0.15) is 11.1 Å². The molecule has 0 aliphatic heterocycles. The van der Waals surface area contributed by atoms with Crippen molar-refractivity contribution in [3.05, 3.63) is 154 Å². The molecule has 4 heteroatoms. The van der Waals surface area contributed by atoms with Gasteiger partial charge in [-0.25, -0.2) is 4.99 Å². The minimum atomic E-state index is -0.201. The van der Waals surface area contributed by atoms with Crippen molar-refractivity contribution in [3.63, 3.8) is 0 Å². The van der Waals surface area contributed by atoms with Crippen LogP contribution < -0.4 is 5.56 Å². The molecule has 0 N–H and O–H groups in total. The lowest BCUT2D eigenvalue weighted by atomic mass is 10.0. The highest BCUT2D eigenvalue weighted by molar-refractivity contribution is 6.30. The van der Waals surface area contributed by atoms with E-state index >= 15 is 0 Å². The van der Waals surface area contributed by atoms with Gasteiger partial charge in [-0.2, -0.15) is 0 Å². The quantitative estimate of drug-likeness (QED) is 0.253. The van der Waals surface area contributed by atoms with Crippen LogP contribution >= 0.6 is 11.6 Å². The maximum Gasteiger partial charge on any atom is 0.281 e. The van der Waals surface area contributed by atoms with Crippen molar-refractivity contribution in [2.75, 3.05) is 0 Å². The predicted molar refractivity (Wildman–Crippen MR) is 141 cm³/mol. The molecule has 0 fully saturated rings. The summed E-state index contributed by atoms with van der Waals surface area (Å²) in [5.41, 5.74) is 5.09. The minimum Gasteiger partial charge on any atom is -0.282 e. The lowest BCUT2D eigenvalue weighted by Crippen LogP contribution is -2.18. The van der Waals surface area contributed by atoms with E-state index in [4.69, 9.17) is 16.6 Å². The van der Waals surface area contributed by atoms with Gasteiger partial charge in [-0.3, -0.25) is 9.36 Å². The fourth-order valence-corrected chi connectivity index (χ4v) is 4.10. The second-order valence-electron chi connectivity index (χ2n) is 7.79. The Labute approximate surface area is 203 Å². The van der Waals surface area contributed by atoms with Gasteiger partial charge in [-0.1, -0.05) is 103 Å². The van der Waals surface area contributed by atoms with Crippen LogP contribution in [0.3, 0.4) is 0 Å². The van der Waals surface area contributed by atoms with E-state index in [0.29, 0.717) is 10.7 Å². The third kappa shape index (κ3) is 4.47. The van der Waals surface area contributed by atoms with Crippen LogP contribution in [0.2, 0.25) is 5.02 Å². The third-order valence-electron chi connectivity index (χ3n) is 5.55. The maximum atomic E-state index is 13.9. The maximum absolute atomic E-state index is 13.9. The summed E-state index contributed by atoms with van der Waals surface area (Å²) in [5, 5.41) is 0.603. The van der Waals surface area contributed by atoms with Gasteiger partial charge in [-0.05, 0) is 35.9 Å². The van der Waals surface area contributed by atoms with Crippen LogP contribution in [0.4, 0.5) is 5.69 Å². The molecule has 0 saturated heterocycles. The molecule has 1 aromatic heterocycles. The number of aromatic nitrogens is 1. The standard InChI is InChI=1S/C30H21ClN2O/c31-25-16-10-15-24(21-25)27-19-20-33(26-17-8-3-9-18-26)30(34)29(27)32-28(22-11-4-1-5-12-22)23-13-6-2-7-14-23/h1-21H. The van der Waals surface area contributed by atoms with Gasteiger partial charge in [0.15, 0.2) is 0 Å². The van der Waals surface area contributed by atoms with E-state index in [2.05, 4.69) is 0 Å². The molecule has 1 heterocycles. The number of benzene rings is 4. The molecule has 0 atom stereocenters. The van der Waals surface area contributed by atoms with Gasteiger partial charge in [0.2, 0.25) is 0 Å². The van der Waals surface area contributed by atoms with Crippen molar-refractivity contribution >= 4 is 23.0 Å². The molecule has 34 heavy (non-hydrogen) atoms. The topological polar surface area (TPSA) is 34.4 Å². The summed E-state index contributed by atoms with van der Waals surface area (Å²) >= 11 is 6.29. The summed E-state index contributed by atoms with van der Waals surface area (Å²) in [6.07, 6.45) is 1.79. The number of para-hydroxylation sites is 1. The van der Waals surface area contributed by atoms with Crippen molar-refractivity contribution in [1.29, 1.82) is 0 Å². The molecule has 5 aromatic rings. The molecule has 0 bridgehead atoms. The molecule has 0 radical (unpaired) electrons. The molecule has 0 spiro atoms. The van der Waals surface area contributed by atoms with Gasteiger partial charge in [0.05, 0.1) is 5.71 Å². The highest BCUT2D eigenvalue weighted by Crippen LogP contribution is 2.31. The van der Waals surface area contributed by atoms with Crippen LogP contribution in [0.15, 0.2) is 137 Å². The SMILES string of the molecule is O=c1c(N=C(c2ccccc2)c2ccccc2)c(-c2cccc(Cl)c2)ccn1-c1ccccc1. The first-order valence-corrected chi connectivity index (χ1v) is 11.3. The zero-order chi connectivity index (χ0) is 23.3. The monoisotopic (exact) mass is 460 g/mol. The van der Waals surface area contributed by atoms with Gasteiger partial charge in [0.1, 0.15) is 5.69 Å². The lowest BCUT2D eigenvalue weighted by molar-refractivity contribution is 0.990. The Morgan fingerprint density at radius 2 is 1.26 bits per heavy atom. The first kappa shape index (κ1) is 21.6. The van der Waals surface area contributed by atoms with Gasteiger partial charge < -0.3 is 0 Å². The van der Waals surface area contributed by atoms with Crippen molar-refractivity contribution in [3.8, 4) is 16.8 Å². The summed E-state index contributed by atoms with van der Waals surface area (Å²) in [5.74, 6) is 0. The second-order valence-corrected chi connectivity index (χ2v) is 8.23. The molecule has 0 aliphatic rings. The molecule has 0 unspecified atom stereocenters. The zero-order valence-corrected chi connectivity index (χ0v) is 19.1. The first-order chi connectivity index (χ1) is 16.7. The van der Waals surface area contributed by atoms with E-state index in [-0.39, 0.29) is 5.56 Å². The van der Waals surface area contributed by atoms with E-state index in [9.17, 15) is 4.79 Å². The van der Waals surface area contributed by atoms with Crippen LogP contribution in [-0.2, 0) is 0 Å². The summed E-state index contributed by atoms with van der Waals surface area (Å²) in [4.78, 5) is 18.9. The molecule has 0 amide bonds. The van der Waals surface area contributed by atoms with Crippen LogP contribution in [0.25, 0.3) is 16.8 Å². The largest absolute Gasteiger partial charge is 0.282 e. The molecule has 3 nitrogen and oxygen atoms in total. The third-order valence-corrected chi connectivity index (χ3v) is 5.79. The molecular weight excluding hydrogens is 440 g/mol. The minimum absolute atomic E-state index is 0.201. The number of rotatable bonds is 5. The van der Waals surface area contributed by atoms with Gasteiger partial charge in [-0.15, -0.1) is 0 Å². The van der Waals surface area contributed by atoms with Crippen molar-refractivity contribution in [2.45, 2.75) is 0 Å². The van der Waals surface area contributed by atoms with Gasteiger partial charge in [0, 0.05) is 33.6 Å². The summed E-state index contributed by atoms with van der Waals surface area (Å²) in [6.45, 7) is 0. The van der Waals surface area contributed by atoms with E-state index in [1.54, 1.807) is 10.8 Å². The number of nitrogens with zero attached hydrogens (tertiary/aromatic N) is 2. The molecule has 4 aromatic carbocycles. The lowest BCUT2D eigenvalue weighted by Gasteiger charge is -2.13. The van der Waals surface area contributed by atoms with E-state index in [1.807, 2.05) is 121 Å². The zero-order valence-electron chi connectivity index (χ0n) is 18.3. The van der Waals surface area contributed by atoms with Crippen LogP contribution in [-0.4, -0.2) is 10.3 Å². The number of hydrogen-bond donors (Lipinski definition) is 0. The summed E-state index contributed by atoms with van der Waals surface area (Å²) < 4.78 is 1.63. The molecule has 0 aliphatic carbocycles. The number of halogens is 1. The fourth-order valence-electron chi connectivity index (χ4n) is 3.91. The van der Waals surface area contributed by atoms with E-state index in [1.165, 1.54) is 0 Å². The molecule has 5 rings (SSSR count). The van der Waals surface area contributed by atoms with Crippen LogP contribution in [0.5, 0.6) is 0 Å². The van der Waals surface area contributed by atoms with E-state index in [0.717, 1.165) is 33.7 Å². The Kier molecular flexibility index (Phi) is 6.19. The second kappa shape index (κ2) is 9.74. The molecule has 164 valence electrons. The average molecular weight is 461 g/mol. The molecule has 0 saturated carbocycles.